The molecule has 0 aliphatic carbocycles. The fourth-order valence-corrected chi connectivity index (χ4v) is 6.21. The molecule has 1 amide bonds. The number of primary amides is 1. The third-order valence-electron chi connectivity index (χ3n) is 6.19. The fraction of sp³-hybridized carbons (Fsp3) is 0.632. The summed E-state index contributed by atoms with van der Waals surface area (Å²) in [5, 5.41) is 0. The molecule has 28 heavy (non-hydrogen) atoms. The normalized spacial score (nSPS) is 23.5. The van der Waals surface area contributed by atoms with Gasteiger partial charge in [-0.1, -0.05) is 0 Å². The van der Waals surface area contributed by atoms with Gasteiger partial charge >= 0.3 is 0 Å². The van der Waals surface area contributed by atoms with Crippen molar-refractivity contribution in [1.29, 1.82) is 0 Å². The summed E-state index contributed by atoms with van der Waals surface area (Å²) in [6, 6.07) is 4.27. The van der Waals surface area contributed by atoms with Crippen LogP contribution in [0.5, 0.6) is 11.5 Å². The first kappa shape index (κ1) is 20.9. The number of methoxy groups -OCH3 is 2. The Morgan fingerprint density at radius 2 is 1.75 bits per heavy atom. The maximum absolute atomic E-state index is 13.1. The van der Waals surface area contributed by atoms with Crippen LogP contribution in [0.1, 0.15) is 25.7 Å². The maximum atomic E-state index is 13.1. The molecule has 0 aromatic heterocycles. The lowest BCUT2D eigenvalue weighted by atomic mass is 9.67. The molecule has 2 N–H and O–H groups in total. The van der Waals surface area contributed by atoms with Gasteiger partial charge in [0.15, 0.2) is 11.5 Å². The van der Waals surface area contributed by atoms with Crippen molar-refractivity contribution in [2.75, 3.05) is 40.9 Å². The molecule has 1 atom stereocenters. The molecular formula is C19H29N3O5S. The van der Waals surface area contributed by atoms with Crippen molar-refractivity contribution < 1.29 is 22.7 Å². The van der Waals surface area contributed by atoms with E-state index in [1.807, 2.05) is 11.9 Å². The summed E-state index contributed by atoms with van der Waals surface area (Å²) in [6.45, 7) is 1.58. The Hall–Kier alpha value is -1.84. The lowest BCUT2D eigenvalue weighted by Gasteiger charge is -2.51. The Morgan fingerprint density at radius 3 is 2.32 bits per heavy atom. The van der Waals surface area contributed by atoms with Gasteiger partial charge in [0.2, 0.25) is 15.9 Å². The Balaban J connectivity index is 1.81. The minimum absolute atomic E-state index is 0.174. The van der Waals surface area contributed by atoms with Crippen LogP contribution < -0.4 is 15.2 Å². The Morgan fingerprint density at radius 1 is 1.11 bits per heavy atom. The van der Waals surface area contributed by atoms with Crippen LogP contribution in [0.3, 0.4) is 0 Å². The number of nitrogens with two attached hydrogens (primary N) is 1. The van der Waals surface area contributed by atoms with Crippen LogP contribution in [-0.4, -0.2) is 70.5 Å². The van der Waals surface area contributed by atoms with Gasteiger partial charge in [-0.2, -0.15) is 4.31 Å². The molecule has 2 heterocycles. The summed E-state index contributed by atoms with van der Waals surface area (Å²) >= 11 is 0. The van der Waals surface area contributed by atoms with E-state index >= 15 is 0 Å². The smallest absolute Gasteiger partial charge is 0.243 e. The highest BCUT2D eigenvalue weighted by molar-refractivity contribution is 7.89. The molecule has 3 rings (SSSR count). The standard InChI is InChI=1S/C19H29N3O5S/c1-21-10-4-7-19(17(21)18(20)23)8-11-22(12-9-19)28(24,25)14-5-6-15(26-2)16(13-14)27-3/h5-6,13,17H,4,7-12H2,1-3H3,(H2,20,23). The third-order valence-corrected chi connectivity index (χ3v) is 8.08. The molecule has 1 spiro atoms. The zero-order valence-corrected chi connectivity index (χ0v) is 17.5. The van der Waals surface area contributed by atoms with Gasteiger partial charge in [0, 0.05) is 19.2 Å². The maximum Gasteiger partial charge on any atom is 0.243 e. The zero-order valence-electron chi connectivity index (χ0n) is 16.7. The molecule has 1 aromatic rings. The molecule has 9 heteroatoms. The molecule has 2 aliphatic heterocycles. The number of nitrogens with zero attached hydrogens (tertiary/aromatic N) is 2. The van der Waals surface area contributed by atoms with Crippen molar-refractivity contribution in [3.8, 4) is 11.5 Å². The van der Waals surface area contributed by atoms with E-state index in [0.29, 0.717) is 37.4 Å². The van der Waals surface area contributed by atoms with Gasteiger partial charge in [-0.05, 0) is 56.8 Å². The van der Waals surface area contributed by atoms with E-state index in [9.17, 15) is 13.2 Å². The van der Waals surface area contributed by atoms with E-state index in [-0.39, 0.29) is 22.3 Å². The van der Waals surface area contributed by atoms with Gasteiger partial charge < -0.3 is 15.2 Å². The molecule has 156 valence electrons. The second-order valence-corrected chi connectivity index (χ2v) is 9.61. The Labute approximate surface area is 166 Å². The number of piperidine rings is 2. The average molecular weight is 412 g/mol. The van der Waals surface area contributed by atoms with Crippen molar-refractivity contribution in [3.05, 3.63) is 18.2 Å². The van der Waals surface area contributed by atoms with Crippen LogP contribution in [0.4, 0.5) is 0 Å². The molecule has 2 aliphatic rings. The number of benzene rings is 1. The topological polar surface area (TPSA) is 102 Å². The van der Waals surface area contributed by atoms with Crippen molar-refractivity contribution in [2.24, 2.45) is 11.1 Å². The number of hydrogen-bond acceptors (Lipinski definition) is 6. The Kier molecular flexibility index (Phi) is 5.88. The SMILES string of the molecule is COc1ccc(S(=O)(=O)N2CCC3(CCCN(C)C3C(N)=O)CC2)cc1OC. The minimum Gasteiger partial charge on any atom is -0.493 e. The largest absolute Gasteiger partial charge is 0.493 e. The first-order valence-electron chi connectivity index (χ1n) is 9.47. The molecule has 2 fully saturated rings. The monoisotopic (exact) mass is 411 g/mol. The van der Waals surface area contributed by atoms with E-state index < -0.39 is 10.0 Å². The molecule has 8 nitrogen and oxygen atoms in total. The number of likely N-dealkylation sites (tertiary alicyclic amines) is 1. The van der Waals surface area contributed by atoms with Crippen molar-refractivity contribution in [3.63, 3.8) is 0 Å². The predicted octanol–water partition coefficient (Wildman–Crippen LogP) is 1.05. The van der Waals surface area contributed by atoms with E-state index in [1.54, 1.807) is 6.07 Å². The molecule has 1 unspecified atom stereocenters. The van der Waals surface area contributed by atoms with E-state index in [2.05, 4.69) is 0 Å². The number of likely N-dealkylation sites (N-methyl/N-ethyl adjacent to an activating group) is 1. The number of rotatable bonds is 5. The number of ether oxygens (including phenoxy) is 2. The van der Waals surface area contributed by atoms with Crippen LogP contribution in [0, 0.1) is 5.41 Å². The second kappa shape index (κ2) is 7.88. The van der Waals surface area contributed by atoms with E-state index in [4.69, 9.17) is 15.2 Å². The number of hydrogen-bond donors (Lipinski definition) is 1. The van der Waals surface area contributed by atoms with Crippen LogP contribution in [0.25, 0.3) is 0 Å². The predicted molar refractivity (Wildman–Crippen MR) is 105 cm³/mol. The summed E-state index contributed by atoms with van der Waals surface area (Å²) in [7, 11) is 1.24. The molecule has 0 radical (unpaired) electrons. The van der Waals surface area contributed by atoms with Gasteiger partial charge in [0.05, 0.1) is 25.2 Å². The van der Waals surface area contributed by atoms with Crippen molar-refractivity contribution in [1.82, 2.24) is 9.21 Å². The number of carbonyl (C=O) groups is 1. The molecule has 0 saturated carbocycles. The average Bonchev–Trinajstić information content (AvgIpc) is 2.67. The lowest BCUT2D eigenvalue weighted by molar-refractivity contribution is -0.132. The molecule has 2 saturated heterocycles. The van der Waals surface area contributed by atoms with Gasteiger partial charge in [-0.15, -0.1) is 0 Å². The summed E-state index contributed by atoms with van der Waals surface area (Å²) < 4.78 is 38.2. The fourth-order valence-electron chi connectivity index (χ4n) is 4.75. The van der Waals surface area contributed by atoms with Crippen LogP contribution in [0.2, 0.25) is 0 Å². The number of amides is 1. The van der Waals surface area contributed by atoms with Gasteiger partial charge in [-0.25, -0.2) is 8.42 Å². The van der Waals surface area contributed by atoms with Crippen LogP contribution >= 0.6 is 0 Å². The van der Waals surface area contributed by atoms with Crippen LogP contribution in [-0.2, 0) is 14.8 Å². The zero-order chi connectivity index (χ0) is 20.5. The summed E-state index contributed by atoms with van der Waals surface area (Å²) in [6.07, 6.45) is 3.13. The first-order chi connectivity index (χ1) is 13.2. The van der Waals surface area contributed by atoms with Crippen LogP contribution in [0.15, 0.2) is 23.1 Å². The van der Waals surface area contributed by atoms with Crippen molar-refractivity contribution >= 4 is 15.9 Å². The molecule has 0 bridgehead atoms. The van der Waals surface area contributed by atoms with E-state index in [0.717, 1.165) is 19.4 Å². The third kappa shape index (κ3) is 3.58. The Bertz CT molecular complexity index is 834. The van der Waals surface area contributed by atoms with Gasteiger partial charge in [-0.3, -0.25) is 9.69 Å². The number of carbonyl (C=O) groups excluding carboxylic acids is 1. The van der Waals surface area contributed by atoms with E-state index in [1.165, 1.54) is 30.7 Å². The highest BCUT2D eigenvalue weighted by Gasteiger charge is 2.49. The highest BCUT2D eigenvalue weighted by Crippen LogP contribution is 2.45. The lowest BCUT2D eigenvalue weighted by Crippen LogP contribution is -2.60. The van der Waals surface area contributed by atoms with Gasteiger partial charge in [0.1, 0.15) is 0 Å². The molecular weight excluding hydrogens is 382 g/mol. The summed E-state index contributed by atoms with van der Waals surface area (Å²) in [4.78, 5) is 14.3. The quantitative estimate of drug-likeness (QED) is 0.777. The first-order valence-corrected chi connectivity index (χ1v) is 10.9. The van der Waals surface area contributed by atoms with Crippen molar-refractivity contribution in [2.45, 2.75) is 36.6 Å². The minimum atomic E-state index is -3.66. The highest BCUT2D eigenvalue weighted by atomic mass is 32.2. The second-order valence-electron chi connectivity index (χ2n) is 7.67. The number of sulfonamides is 1. The van der Waals surface area contributed by atoms with Gasteiger partial charge in [0.25, 0.3) is 0 Å². The molecule has 1 aromatic carbocycles. The summed E-state index contributed by atoms with van der Waals surface area (Å²) in [5.41, 5.74) is 5.45. The summed E-state index contributed by atoms with van der Waals surface area (Å²) in [5.74, 6) is 0.534.